The van der Waals surface area contributed by atoms with Gasteiger partial charge in [0, 0.05) is 65.8 Å². The summed E-state index contributed by atoms with van der Waals surface area (Å²) in [6.45, 7) is 3.40. The lowest BCUT2D eigenvalue weighted by Gasteiger charge is -2.37. The molecule has 7 nitrogen and oxygen atoms in total. The van der Waals surface area contributed by atoms with Gasteiger partial charge in [0.15, 0.2) is 0 Å². The summed E-state index contributed by atoms with van der Waals surface area (Å²) in [5.74, 6) is 0. The lowest BCUT2D eigenvalue weighted by atomic mass is 9.95. The van der Waals surface area contributed by atoms with Crippen LogP contribution in [0.25, 0.3) is 0 Å². The lowest BCUT2D eigenvalue weighted by molar-refractivity contribution is -0.0693. The smallest absolute Gasteiger partial charge is 0.281 e. The van der Waals surface area contributed by atoms with Crippen molar-refractivity contribution >= 4 is 10.2 Å². The standard InChI is InChI=1S/C11H23N3O4S/c1-13(10-11(15)2-8-18-9-3-11)19(16,17)14-6-4-12-5-7-14/h12,15H,2-10H2,1H3. The molecule has 2 saturated heterocycles. The van der Waals surface area contributed by atoms with Crippen LogP contribution in [-0.2, 0) is 14.9 Å². The van der Waals surface area contributed by atoms with Gasteiger partial charge in [-0.05, 0) is 0 Å². The third-order valence-electron chi connectivity index (χ3n) is 3.74. The minimum absolute atomic E-state index is 0.128. The molecule has 0 aliphatic carbocycles. The second-order valence-corrected chi connectivity index (χ2v) is 7.28. The van der Waals surface area contributed by atoms with Crippen molar-refractivity contribution in [2.75, 3.05) is 53.0 Å². The number of aliphatic hydroxyl groups is 1. The van der Waals surface area contributed by atoms with E-state index in [2.05, 4.69) is 5.32 Å². The SMILES string of the molecule is CN(CC1(O)CCOCC1)S(=O)(=O)N1CCNCC1. The quantitative estimate of drug-likeness (QED) is 0.667. The van der Waals surface area contributed by atoms with Crippen LogP contribution in [0, 0.1) is 0 Å². The molecule has 2 heterocycles. The largest absolute Gasteiger partial charge is 0.388 e. The van der Waals surface area contributed by atoms with Crippen molar-refractivity contribution < 1.29 is 18.3 Å². The van der Waals surface area contributed by atoms with E-state index >= 15 is 0 Å². The Bertz CT molecular complexity index is 389. The molecule has 0 aromatic carbocycles. The Morgan fingerprint density at radius 3 is 2.47 bits per heavy atom. The van der Waals surface area contributed by atoms with Crippen molar-refractivity contribution in [3.63, 3.8) is 0 Å². The van der Waals surface area contributed by atoms with Crippen LogP contribution in [0.4, 0.5) is 0 Å². The van der Waals surface area contributed by atoms with Crippen molar-refractivity contribution in [2.24, 2.45) is 0 Å². The number of ether oxygens (including phenoxy) is 1. The summed E-state index contributed by atoms with van der Waals surface area (Å²) in [4.78, 5) is 0. The number of hydrogen-bond donors (Lipinski definition) is 2. The molecule has 2 aliphatic heterocycles. The highest BCUT2D eigenvalue weighted by Gasteiger charge is 2.36. The van der Waals surface area contributed by atoms with Gasteiger partial charge in [0.1, 0.15) is 0 Å². The van der Waals surface area contributed by atoms with Gasteiger partial charge < -0.3 is 15.2 Å². The molecule has 0 spiro atoms. The molecule has 2 rings (SSSR count). The molecular weight excluding hydrogens is 270 g/mol. The first-order valence-electron chi connectivity index (χ1n) is 6.66. The molecule has 0 radical (unpaired) electrons. The fourth-order valence-electron chi connectivity index (χ4n) is 2.48. The molecule has 0 unspecified atom stereocenters. The first kappa shape index (κ1) is 15.1. The third kappa shape index (κ3) is 3.65. The van der Waals surface area contributed by atoms with E-state index in [9.17, 15) is 13.5 Å². The Balaban J connectivity index is 1.99. The second-order valence-electron chi connectivity index (χ2n) is 5.25. The molecule has 19 heavy (non-hydrogen) atoms. The van der Waals surface area contributed by atoms with Crippen LogP contribution < -0.4 is 5.32 Å². The highest BCUT2D eigenvalue weighted by molar-refractivity contribution is 7.86. The summed E-state index contributed by atoms with van der Waals surface area (Å²) in [6.07, 6.45) is 0.961. The summed E-state index contributed by atoms with van der Waals surface area (Å²) < 4.78 is 32.7. The zero-order valence-corrected chi connectivity index (χ0v) is 12.2. The van der Waals surface area contributed by atoms with Gasteiger partial charge in [-0.25, -0.2) is 0 Å². The maximum absolute atomic E-state index is 12.4. The average molecular weight is 293 g/mol. The lowest BCUT2D eigenvalue weighted by Crippen LogP contribution is -2.54. The Kier molecular flexibility index (Phi) is 4.80. The van der Waals surface area contributed by atoms with Crippen LogP contribution in [0.3, 0.4) is 0 Å². The zero-order chi connectivity index (χ0) is 13.9. The number of nitrogens with one attached hydrogen (secondary N) is 1. The van der Waals surface area contributed by atoms with Gasteiger partial charge in [-0.1, -0.05) is 0 Å². The number of nitrogens with zero attached hydrogens (tertiary/aromatic N) is 2. The first-order valence-corrected chi connectivity index (χ1v) is 8.06. The molecule has 8 heteroatoms. The summed E-state index contributed by atoms with van der Waals surface area (Å²) in [5.41, 5.74) is -0.964. The fourth-order valence-corrected chi connectivity index (χ4v) is 3.92. The molecule has 0 saturated carbocycles. The summed E-state index contributed by atoms with van der Waals surface area (Å²) in [7, 11) is -1.94. The van der Waals surface area contributed by atoms with Crippen LogP contribution in [-0.4, -0.2) is 80.7 Å². The summed E-state index contributed by atoms with van der Waals surface area (Å²) in [6, 6.07) is 0. The topological polar surface area (TPSA) is 82.1 Å². The minimum Gasteiger partial charge on any atom is -0.388 e. The first-order chi connectivity index (χ1) is 8.94. The van der Waals surface area contributed by atoms with E-state index in [1.54, 1.807) is 0 Å². The van der Waals surface area contributed by atoms with E-state index in [0.29, 0.717) is 52.2 Å². The average Bonchev–Trinajstić information content (AvgIpc) is 2.40. The van der Waals surface area contributed by atoms with Crippen LogP contribution in [0.15, 0.2) is 0 Å². The van der Waals surface area contributed by atoms with Gasteiger partial charge in [-0.3, -0.25) is 0 Å². The monoisotopic (exact) mass is 293 g/mol. The fraction of sp³-hybridized carbons (Fsp3) is 1.00. The van der Waals surface area contributed by atoms with E-state index in [0.717, 1.165) is 0 Å². The van der Waals surface area contributed by atoms with Gasteiger partial charge in [-0.15, -0.1) is 0 Å². The van der Waals surface area contributed by atoms with Crippen molar-refractivity contribution in [3.8, 4) is 0 Å². The maximum Gasteiger partial charge on any atom is 0.281 e. The predicted octanol–water partition coefficient (Wildman–Crippen LogP) is -1.39. The highest BCUT2D eigenvalue weighted by atomic mass is 32.2. The number of hydrogen-bond acceptors (Lipinski definition) is 5. The van der Waals surface area contributed by atoms with Crippen molar-refractivity contribution in [3.05, 3.63) is 0 Å². The molecule has 2 N–H and O–H groups in total. The van der Waals surface area contributed by atoms with E-state index in [4.69, 9.17) is 4.74 Å². The molecule has 2 aliphatic rings. The van der Waals surface area contributed by atoms with Crippen molar-refractivity contribution in [2.45, 2.75) is 18.4 Å². The Morgan fingerprint density at radius 2 is 1.89 bits per heavy atom. The number of piperazine rings is 1. The van der Waals surface area contributed by atoms with Crippen LogP contribution in [0.1, 0.15) is 12.8 Å². The van der Waals surface area contributed by atoms with E-state index < -0.39 is 15.8 Å². The van der Waals surface area contributed by atoms with E-state index in [-0.39, 0.29) is 6.54 Å². The summed E-state index contributed by atoms with van der Waals surface area (Å²) >= 11 is 0. The van der Waals surface area contributed by atoms with Gasteiger partial charge in [0.05, 0.1) is 5.60 Å². The molecule has 0 aromatic rings. The molecule has 0 aromatic heterocycles. The molecule has 0 bridgehead atoms. The number of likely N-dealkylation sites (N-methyl/N-ethyl adjacent to an activating group) is 1. The van der Waals surface area contributed by atoms with Gasteiger partial charge in [0.25, 0.3) is 10.2 Å². The molecule has 0 amide bonds. The molecule has 112 valence electrons. The van der Waals surface area contributed by atoms with Crippen LogP contribution in [0.5, 0.6) is 0 Å². The molecule has 0 atom stereocenters. The van der Waals surface area contributed by atoms with Crippen LogP contribution in [0.2, 0.25) is 0 Å². The minimum atomic E-state index is -3.47. The summed E-state index contributed by atoms with van der Waals surface area (Å²) in [5, 5.41) is 13.5. The number of rotatable bonds is 4. The van der Waals surface area contributed by atoms with Gasteiger partial charge >= 0.3 is 0 Å². The Labute approximate surface area is 114 Å². The Morgan fingerprint density at radius 1 is 1.32 bits per heavy atom. The molecule has 2 fully saturated rings. The van der Waals surface area contributed by atoms with Crippen LogP contribution >= 0.6 is 0 Å². The van der Waals surface area contributed by atoms with Gasteiger partial charge in [0.2, 0.25) is 0 Å². The van der Waals surface area contributed by atoms with E-state index in [1.807, 2.05) is 0 Å². The predicted molar refractivity (Wildman–Crippen MR) is 71.0 cm³/mol. The Hall–Kier alpha value is -0.250. The molecular formula is C11H23N3O4S. The maximum atomic E-state index is 12.4. The normalized spacial score (nSPS) is 25.6. The van der Waals surface area contributed by atoms with E-state index in [1.165, 1.54) is 15.7 Å². The highest BCUT2D eigenvalue weighted by Crippen LogP contribution is 2.23. The van der Waals surface area contributed by atoms with Gasteiger partial charge in [-0.2, -0.15) is 17.0 Å². The van der Waals surface area contributed by atoms with Crippen molar-refractivity contribution in [1.82, 2.24) is 13.9 Å². The second kappa shape index (κ2) is 6.02. The third-order valence-corrected chi connectivity index (χ3v) is 5.67. The van der Waals surface area contributed by atoms with Crippen molar-refractivity contribution in [1.29, 1.82) is 0 Å². The zero-order valence-electron chi connectivity index (χ0n) is 11.3.